The molecule has 0 aromatic heterocycles. The number of Topliss-reactive ketones (excluding diaryl/α,β-unsaturated/α-hetero) is 1. The third-order valence-corrected chi connectivity index (χ3v) is 5.99. The molecular weight excluding hydrogens is 353 g/mol. The van der Waals surface area contributed by atoms with Gasteiger partial charge < -0.3 is 4.74 Å². The Hall–Kier alpha value is -2.75. The van der Waals surface area contributed by atoms with Crippen LogP contribution in [0.25, 0.3) is 0 Å². The summed E-state index contributed by atoms with van der Waals surface area (Å²) in [7, 11) is 1.60. The van der Waals surface area contributed by atoms with Crippen molar-refractivity contribution in [2.45, 2.75) is 44.6 Å². The highest BCUT2D eigenvalue weighted by Crippen LogP contribution is 2.44. The molecule has 0 unspecified atom stereocenters. The predicted molar refractivity (Wildman–Crippen MR) is 109 cm³/mol. The van der Waals surface area contributed by atoms with Gasteiger partial charge in [-0.15, -0.1) is 0 Å². The first kappa shape index (κ1) is 18.6. The number of nitrogens with zero attached hydrogens (tertiary/aromatic N) is 1. The molecule has 2 aromatic carbocycles. The second-order valence-electron chi connectivity index (χ2n) is 7.62. The largest absolute Gasteiger partial charge is 0.497 e. The molecule has 0 bridgehead atoms. The number of benzene rings is 2. The lowest BCUT2D eigenvalue weighted by molar-refractivity contribution is 0.103. The fourth-order valence-corrected chi connectivity index (χ4v) is 4.40. The number of halogens is 1. The van der Waals surface area contributed by atoms with Gasteiger partial charge in [0.05, 0.1) is 18.4 Å². The fourth-order valence-electron chi connectivity index (χ4n) is 4.40. The summed E-state index contributed by atoms with van der Waals surface area (Å²) in [5, 5.41) is 0. The van der Waals surface area contributed by atoms with E-state index in [1.807, 2.05) is 13.0 Å². The summed E-state index contributed by atoms with van der Waals surface area (Å²) < 4.78 is 19.1. The smallest absolute Gasteiger partial charge is 0.195 e. The third-order valence-electron chi connectivity index (χ3n) is 5.99. The minimum atomic E-state index is -0.322. The second kappa shape index (κ2) is 7.34. The number of ketones is 1. The molecule has 1 aliphatic heterocycles. The van der Waals surface area contributed by atoms with E-state index in [-0.39, 0.29) is 17.1 Å². The number of carbonyl (C=O) groups is 1. The molecule has 0 saturated heterocycles. The lowest BCUT2D eigenvalue weighted by Crippen LogP contribution is -2.29. The summed E-state index contributed by atoms with van der Waals surface area (Å²) in [6.07, 6.45) is 5.28. The Labute approximate surface area is 165 Å². The third kappa shape index (κ3) is 3.17. The van der Waals surface area contributed by atoms with E-state index in [9.17, 15) is 9.18 Å². The lowest BCUT2D eigenvalue weighted by Gasteiger charge is -2.32. The lowest BCUT2D eigenvalue weighted by atomic mass is 9.76. The number of aliphatic imine (C=N–C) groups is 1. The van der Waals surface area contributed by atoms with Crippen LogP contribution in [0.3, 0.4) is 0 Å². The van der Waals surface area contributed by atoms with Gasteiger partial charge >= 0.3 is 0 Å². The number of hydrogen-bond donors (Lipinski definition) is 0. The van der Waals surface area contributed by atoms with Gasteiger partial charge in [0.25, 0.3) is 0 Å². The number of methoxy groups -OCH3 is 1. The molecule has 1 fully saturated rings. The van der Waals surface area contributed by atoms with Crippen molar-refractivity contribution in [2.24, 2.45) is 4.99 Å². The monoisotopic (exact) mass is 377 g/mol. The normalized spacial score (nSPS) is 18.3. The van der Waals surface area contributed by atoms with Crippen molar-refractivity contribution in [3.05, 3.63) is 76.6 Å². The Morgan fingerprint density at radius 3 is 2.43 bits per heavy atom. The second-order valence-corrected chi connectivity index (χ2v) is 7.62. The van der Waals surface area contributed by atoms with Crippen LogP contribution < -0.4 is 4.74 Å². The molecule has 0 radical (unpaired) electrons. The molecule has 0 atom stereocenters. The van der Waals surface area contributed by atoms with Gasteiger partial charge in [0.2, 0.25) is 0 Å². The van der Waals surface area contributed by atoms with Crippen LogP contribution in [-0.2, 0) is 0 Å². The zero-order valence-electron chi connectivity index (χ0n) is 16.3. The maximum Gasteiger partial charge on any atom is 0.195 e. The number of hydrogen-bond acceptors (Lipinski definition) is 3. The average Bonchev–Trinajstić information content (AvgIpc) is 3.00. The standard InChI is InChI=1S/C24H24FNO2/c1-16-21(23(27)17-9-11-20(28-2)12-10-17)22(18-7-6-8-19(25)15-18)26-24(16)13-4-3-5-14-24/h6-12,15H,3-5,13-14H2,1-2H3. The topological polar surface area (TPSA) is 38.7 Å². The average molecular weight is 377 g/mol. The zero-order chi connectivity index (χ0) is 19.7. The molecule has 1 saturated carbocycles. The van der Waals surface area contributed by atoms with Crippen molar-refractivity contribution < 1.29 is 13.9 Å². The molecule has 1 spiro atoms. The highest BCUT2D eigenvalue weighted by atomic mass is 19.1. The Kier molecular flexibility index (Phi) is 4.88. The Morgan fingerprint density at radius 1 is 1.07 bits per heavy atom. The van der Waals surface area contributed by atoms with Crippen molar-refractivity contribution in [2.75, 3.05) is 7.11 Å². The van der Waals surface area contributed by atoms with Gasteiger partial charge in [-0.05, 0) is 61.7 Å². The molecule has 4 heteroatoms. The highest BCUT2D eigenvalue weighted by Gasteiger charge is 2.42. The van der Waals surface area contributed by atoms with Crippen LogP contribution in [0, 0.1) is 5.82 Å². The first-order valence-electron chi connectivity index (χ1n) is 9.80. The number of rotatable bonds is 4. The van der Waals surface area contributed by atoms with Gasteiger partial charge in [-0.3, -0.25) is 9.79 Å². The number of ether oxygens (including phenoxy) is 1. The summed E-state index contributed by atoms with van der Waals surface area (Å²) in [6, 6.07) is 13.5. The molecule has 0 N–H and O–H groups in total. The minimum absolute atomic E-state index is 0.0642. The highest BCUT2D eigenvalue weighted by molar-refractivity contribution is 6.34. The van der Waals surface area contributed by atoms with Gasteiger partial charge in [0.1, 0.15) is 11.6 Å². The molecule has 2 aromatic rings. The first-order valence-corrected chi connectivity index (χ1v) is 9.80. The summed E-state index contributed by atoms with van der Waals surface area (Å²) >= 11 is 0. The van der Waals surface area contributed by atoms with Crippen molar-refractivity contribution in [3.63, 3.8) is 0 Å². The summed E-state index contributed by atoms with van der Waals surface area (Å²) in [5.41, 5.74) is 3.20. The fraction of sp³-hybridized carbons (Fsp3) is 0.333. The van der Waals surface area contributed by atoms with E-state index < -0.39 is 0 Å². The van der Waals surface area contributed by atoms with Crippen molar-refractivity contribution in [3.8, 4) is 5.75 Å². The predicted octanol–water partition coefficient (Wildman–Crippen LogP) is 5.54. The number of allylic oxidation sites excluding steroid dienone is 1. The van der Waals surface area contributed by atoms with E-state index in [2.05, 4.69) is 0 Å². The maximum atomic E-state index is 13.9. The van der Waals surface area contributed by atoms with Crippen LogP contribution in [0.4, 0.5) is 4.39 Å². The van der Waals surface area contributed by atoms with E-state index >= 15 is 0 Å². The molecular formula is C24H24FNO2. The maximum absolute atomic E-state index is 13.9. The first-order chi connectivity index (χ1) is 13.5. The van der Waals surface area contributed by atoms with Crippen LogP contribution in [0.1, 0.15) is 54.9 Å². The van der Waals surface area contributed by atoms with Crippen LogP contribution in [0.15, 0.2) is 64.7 Å². The molecule has 1 heterocycles. The molecule has 3 nitrogen and oxygen atoms in total. The van der Waals surface area contributed by atoms with Gasteiger partial charge in [-0.2, -0.15) is 0 Å². The van der Waals surface area contributed by atoms with Crippen LogP contribution in [-0.4, -0.2) is 24.1 Å². The summed E-state index contributed by atoms with van der Waals surface area (Å²) in [6.45, 7) is 2.03. The Balaban J connectivity index is 1.82. The van der Waals surface area contributed by atoms with E-state index in [4.69, 9.17) is 9.73 Å². The van der Waals surface area contributed by atoms with Crippen LogP contribution >= 0.6 is 0 Å². The quantitative estimate of drug-likeness (QED) is 0.656. The van der Waals surface area contributed by atoms with E-state index in [1.165, 1.54) is 18.6 Å². The van der Waals surface area contributed by atoms with Gasteiger partial charge in [-0.1, -0.05) is 31.4 Å². The van der Waals surface area contributed by atoms with E-state index in [0.717, 1.165) is 31.3 Å². The molecule has 0 amide bonds. The van der Waals surface area contributed by atoms with Crippen molar-refractivity contribution in [1.82, 2.24) is 0 Å². The van der Waals surface area contributed by atoms with Crippen molar-refractivity contribution >= 4 is 11.5 Å². The SMILES string of the molecule is COc1ccc(C(=O)C2=C(C)C3(CCCCC3)N=C2c2cccc(F)c2)cc1. The summed E-state index contributed by atoms with van der Waals surface area (Å²) in [5.74, 6) is 0.320. The number of carbonyl (C=O) groups excluding carboxylic acids is 1. The molecule has 28 heavy (non-hydrogen) atoms. The molecule has 4 rings (SSSR count). The van der Waals surface area contributed by atoms with Crippen molar-refractivity contribution in [1.29, 1.82) is 0 Å². The molecule has 144 valence electrons. The molecule has 2 aliphatic rings. The van der Waals surface area contributed by atoms with Gasteiger partial charge in [0, 0.05) is 16.7 Å². The van der Waals surface area contributed by atoms with E-state index in [1.54, 1.807) is 37.4 Å². The van der Waals surface area contributed by atoms with Gasteiger partial charge in [0.15, 0.2) is 5.78 Å². The van der Waals surface area contributed by atoms with Crippen LogP contribution in [0.5, 0.6) is 5.75 Å². The molecule has 1 aliphatic carbocycles. The zero-order valence-corrected chi connectivity index (χ0v) is 16.3. The Morgan fingerprint density at radius 2 is 1.79 bits per heavy atom. The van der Waals surface area contributed by atoms with E-state index in [0.29, 0.717) is 28.2 Å². The minimum Gasteiger partial charge on any atom is -0.497 e. The van der Waals surface area contributed by atoms with Gasteiger partial charge in [-0.25, -0.2) is 4.39 Å². The van der Waals surface area contributed by atoms with Crippen LogP contribution in [0.2, 0.25) is 0 Å². The summed E-state index contributed by atoms with van der Waals surface area (Å²) in [4.78, 5) is 18.5. The Bertz CT molecular complexity index is 966.